The maximum absolute atomic E-state index is 11.0. The van der Waals surface area contributed by atoms with E-state index < -0.39 is 0 Å². The van der Waals surface area contributed by atoms with E-state index in [9.17, 15) is 4.79 Å². The fourth-order valence-corrected chi connectivity index (χ4v) is 0.601. The van der Waals surface area contributed by atoms with E-state index in [2.05, 4.69) is 20.3 Å². The van der Waals surface area contributed by atoms with Crippen molar-refractivity contribution in [2.75, 3.05) is 0 Å². The number of amides is 1. The fourth-order valence-electron chi connectivity index (χ4n) is 0.601. The van der Waals surface area contributed by atoms with Crippen LogP contribution in [0.3, 0.4) is 0 Å². The van der Waals surface area contributed by atoms with Gasteiger partial charge in [0.15, 0.2) is 5.69 Å². The molecule has 0 aromatic carbocycles. The average Bonchev–Trinajstić information content (AvgIpc) is 2.35. The topological polar surface area (TPSA) is 68.0 Å². The van der Waals surface area contributed by atoms with Gasteiger partial charge in [0.2, 0.25) is 0 Å². The van der Waals surface area contributed by atoms with Crippen molar-refractivity contribution in [1.82, 2.24) is 15.6 Å². The normalized spacial score (nSPS) is 10.1. The lowest BCUT2D eigenvalue weighted by molar-refractivity contribution is 0.0933. The zero-order valence-electron chi connectivity index (χ0n) is 6.37. The van der Waals surface area contributed by atoms with E-state index in [0.29, 0.717) is 0 Å². The Bertz CT molecular complexity index is 230. The Morgan fingerprint density at radius 2 is 2.45 bits per heavy atom. The second-order valence-electron chi connectivity index (χ2n) is 2.42. The molecule has 5 nitrogen and oxygen atoms in total. The van der Waals surface area contributed by atoms with Gasteiger partial charge in [0, 0.05) is 6.04 Å². The lowest BCUT2D eigenvalue weighted by Gasteiger charge is -2.03. The highest BCUT2D eigenvalue weighted by molar-refractivity contribution is 5.91. The van der Waals surface area contributed by atoms with Crippen LogP contribution in [0.5, 0.6) is 0 Å². The van der Waals surface area contributed by atoms with E-state index in [4.69, 9.17) is 0 Å². The lowest BCUT2D eigenvalue weighted by atomic mass is 10.3. The van der Waals surface area contributed by atoms with E-state index in [-0.39, 0.29) is 17.6 Å². The molecule has 1 rings (SSSR count). The van der Waals surface area contributed by atoms with Crippen LogP contribution in [0.4, 0.5) is 0 Å². The summed E-state index contributed by atoms with van der Waals surface area (Å²) in [6.45, 7) is 3.73. The Labute approximate surface area is 63.7 Å². The highest BCUT2D eigenvalue weighted by Crippen LogP contribution is 1.90. The largest absolute Gasteiger partial charge is 0.348 e. The summed E-state index contributed by atoms with van der Waals surface area (Å²) in [5, 5.41) is 9.32. The van der Waals surface area contributed by atoms with Crippen LogP contribution in [0.15, 0.2) is 10.8 Å². The van der Waals surface area contributed by atoms with Gasteiger partial charge >= 0.3 is 0 Å². The third-order valence-corrected chi connectivity index (χ3v) is 1.01. The molecule has 1 aromatic heterocycles. The van der Waals surface area contributed by atoms with E-state index in [1.165, 1.54) is 6.20 Å². The lowest BCUT2D eigenvalue weighted by Crippen LogP contribution is -2.30. The molecule has 0 aliphatic rings. The molecule has 0 unspecified atom stereocenters. The number of carbonyl (C=O) groups excluding carboxylic acids is 1. The van der Waals surface area contributed by atoms with Crippen LogP contribution in [-0.2, 0) is 0 Å². The molecule has 0 bridgehead atoms. The standard InChI is InChI=1S/C6H9N3O2/c1-4(2)8-6(10)5-3-7-11-9-5/h3-4H,1-2H3,(H,8,10). The van der Waals surface area contributed by atoms with Gasteiger partial charge < -0.3 is 5.32 Å². The predicted molar refractivity (Wildman–Crippen MR) is 36.9 cm³/mol. The van der Waals surface area contributed by atoms with Gasteiger partial charge in [-0.05, 0) is 19.0 Å². The minimum Gasteiger partial charge on any atom is -0.348 e. The molecule has 0 radical (unpaired) electrons. The fraction of sp³-hybridized carbons (Fsp3) is 0.500. The molecule has 0 saturated heterocycles. The second kappa shape index (κ2) is 3.14. The van der Waals surface area contributed by atoms with Crippen LogP contribution in [0, 0.1) is 0 Å². The third-order valence-electron chi connectivity index (χ3n) is 1.01. The average molecular weight is 155 g/mol. The Morgan fingerprint density at radius 1 is 1.73 bits per heavy atom. The van der Waals surface area contributed by atoms with Gasteiger partial charge in [0.05, 0.1) is 0 Å². The first-order valence-electron chi connectivity index (χ1n) is 3.28. The summed E-state index contributed by atoms with van der Waals surface area (Å²) in [4.78, 5) is 11.0. The van der Waals surface area contributed by atoms with Gasteiger partial charge in [-0.25, -0.2) is 4.63 Å². The van der Waals surface area contributed by atoms with Gasteiger partial charge in [0.1, 0.15) is 6.20 Å². The SMILES string of the molecule is CC(C)NC(=O)c1cnon1. The minimum absolute atomic E-state index is 0.0965. The van der Waals surface area contributed by atoms with Crippen LogP contribution in [0.2, 0.25) is 0 Å². The molecule has 0 spiro atoms. The van der Waals surface area contributed by atoms with Crippen molar-refractivity contribution < 1.29 is 9.42 Å². The number of hydrogen-bond acceptors (Lipinski definition) is 4. The molecule has 11 heavy (non-hydrogen) atoms. The first kappa shape index (κ1) is 7.71. The summed E-state index contributed by atoms with van der Waals surface area (Å²) in [7, 11) is 0. The first-order valence-corrected chi connectivity index (χ1v) is 3.28. The molecule has 0 fully saturated rings. The predicted octanol–water partition coefficient (Wildman–Crippen LogP) is 0.208. The Morgan fingerprint density at radius 3 is 2.91 bits per heavy atom. The van der Waals surface area contributed by atoms with Crippen molar-refractivity contribution in [2.45, 2.75) is 19.9 Å². The molecular weight excluding hydrogens is 146 g/mol. The number of nitrogens with zero attached hydrogens (tertiary/aromatic N) is 2. The quantitative estimate of drug-likeness (QED) is 0.662. The highest BCUT2D eigenvalue weighted by Gasteiger charge is 2.09. The van der Waals surface area contributed by atoms with E-state index in [0.717, 1.165) is 0 Å². The van der Waals surface area contributed by atoms with Gasteiger partial charge in [-0.15, -0.1) is 0 Å². The highest BCUT2D eigenvalue weighted by atomic mass is 16.6. The molecule has 1 heterocycles. The van der Waals surface area contributed by atoms with Gasteiger partial charge in [-0.1, -0.05) is 5.16 Å². The minimum atomic E-state index is -0.263. The molecule has 1 amide bonds. The maximum atomic E-state index is 11.0. The zero-order chi connectivity index (χ0) is 8.27. The zero-order valence-corrected chi connectivity index (χ0v) is 6.37. The summed E-state index contributed by atoms with van der Waals surface area (Å²) < 4.78 is 4.26. The Balaban J connectivity index is 2.57. The van der Waals surface area contributed by atoms with E-state index in [1.54, 1.807) is 0 Å². The number of aromatic nitrogens is 2. The number of hydrogen-bond donors (Lipinski definition) is 1. The third kappa shape index (κ3) is 2.03. The smallest absolute Gasteiger partial charge is 0.275 e. The van der Waals surface area contributed by atoms with Crippen LogP contribution < -0.4 is 5.32 Å². The summed E-state index contributed by atoms with van der Waals surface area (Å²) in [6.07, 6.45) is 1.28. The van der Waals surface area contributed by atoms with Crippen LogP contribution in [0.25, 0.3) is 0 Å². The van der Waals surface area contributed by atoms with Gasteiger partial charge in [-0.2, -0.15) is 0 Å². The summed E-state index contributed by atoms with van der Waals surface area (Å²) in [5.41, 5.74) is 0.207. The molecule has 0 saturated carbocycles. The maximum Gasteiger partial charge on any atom is 0.275 e. The molecule has 1 N–H and O–H groups in total. The molecule has 60 valence electrons. The number of nitrogens with one attached hydrogen (secondary N) is 1. The van der Waals surface area contributed by atoms with Crippen molar-refractivity contribution in [3.63, 3.8) is 0 Å². The van der Waals surface area contributed by atoms with Crippen LogP contribution in [-0.4, -0.2) is 22.3 Å². The van der Waals surface area contributed by atoms with E-state index >= 15 is 0 Å². The first-order chi connectivity index (χ1) is 5.20. The van der Waals surface area contributed by atoms with Crippen LogP contribution in [0.1, 0.15) is 24.3 Å². The summed E-state index contributed by atoms with van der Waals surface area (Å²) >= 11 is 0. The Hall–Kier alpha value is -1.39. The molecule has 0 aliphatic carbocycles. The molecule has 0 atom stereocenters. The molecule has 5 heteroatoms. The van der Waals surface area contributed by atoms with Crippen molar-refractivity contribution in [2.24, 2.45) is 0 Å². The van der Waals surface area contributed by atoms with E-state index in [1.807, 2.05) is 13.8 Å². The Kier molecular flexibility index (Phi) is 2.20. The monoisotopic (exact) mass is 155 g/mol. The molecule has 1 aromatic rings. The van der Waals surface area contributed by atoms with Crippen molar-refractivity contribution in [3.8, 4) is 0 Å². The molecular formula is C6H9N3O2. The second-order valence-corrected chi connectivity index (χ2v) is 2.42. The number of rotatable bonds is 2. The van der Waals surface area contributed by atoms with Crippen molar-refractivity contribution in [3.05, 3.63) is 11.9 Å². The summed E-state index contributed by atoms with van der Waals surface area (Å²) in [5.74, 6) is -0.263. The van der Waals surface area contributed by atoms with Gasteiger partial charge in [-0.3, -0.25) is 4.79 Å². The number of carbonyl (C=O) groups is 1. The summed E-state index contributed by atoms with van der Waals surface area (Å²) in [6, 6.07) is 0.0965. The molecule has 0 aliphatic heterocycles. The van der Waals surface area contributed by atoms with Crippen molar-refractivity contribution in [1.29, 1.82) is 0 Å². The van der Waals surface area contributed by atoms with Gasteiger partial charge in [0.25, 0.3) is 5.91 Å². The van der Waals surface area contributed by atoms with Crippen LogP contribution >= 0.6 is 0 Å². The van der Waals surface area contributed by atoms with Crippen molar-refractivity contribution >= 4 is 5.91 Å².